The van der Waals surface area contributed by atoms with Crippen LogP contribution in [0.1, 0.15) is 51.9 Å². The molecule has 1 amide bonds. The summed E-state index contributed by atoms with van der Waals surface area (Å²) in [5.74, 6) is 0.811. The minimum Gasteiger partial charge on any atom is -0.381 e. The van der Waals surface area contributed by atoms with E-state index < -0.39 is 5.41 Å². The third-order valence-corrected chi connectivity index (χ3v) is 4.80. The van der Waals surface area contributed by atoms with E-state index in [0.29, 0.717) is 26.1 Å². The Balaban J connectivity index is 1.99. The first-order chi connectivity index (χ1) is 9.72. The lowest BCUT2D eigenvalue weighted by Gasteiger charge is -2.34. The van der Waals surface area contributed by atoms with E-state index in [4.69, 9.17) is 4.74 Å². The molecule has 2 fully saturated rings. The van der Waals surface area contributed by atoms with Gasteiger partial charge in [-0.1, -0.05) is 19.8 Å². The van der Waals surface area contributed by atoms with Crippen LogP contribution in [0.3, 0.4) is 0 Å². The Hall–Kier alpha value is -1.08. The first-order valence-corrected chi connectivity index (χ1v) is 8.00. The van der Waals surface area contributed by atoms with Gasteiger partial charge in [0.25, 0.3) is 0 Å². The fraction of sp³-hybridized carbons (Fsp3) is 0.875. The Bertz CT molecular complexity index is 369. The van der Waals surface area contributed by atoms with Gasteiger partial charge >= 0.3 is 0 Å². The van der Waals surface area contributed by atoms with Crippen molar-refractivity contribution in [1.29, 1.82) is 5.26 Å². The number of likely N-dealkylation sites (tertiary alicyclic amines) is 1. The molecule has 0 saturated carbocycles. The molecule has 0 aliphatic carbocycles. The molecule has 2 saturated heterocycles. The molecule has 0 aromatic carbocycles. The maximum atomic E-state index is 12.8. The molecule has 0 bridgehead atoms. The number of hydrogen-bond acceptors (Lipinski definition) is 3. The SMILES string of the molecule is CCCC1CCCN(C(=O)C2(C#N)CCOCC2)CC1. The summed E-state index contributed by atoms with van der Waals surface area (Å²) in [6.45, 7) is 4.94. The molecule has 0 aromatic rings. The van der Waals surface area contributed by atoms with Crippen molar-refractivity contribution in [2.75, 3.05) is 26.3 Å². The highest BCUT2D eigenvalue weighted by Crippen LogP contribution is 2.33. The fourth-order valence-corrected chi connectivity index (χ4v) is 3.46. The molecule has 2 rings (SSSR count). The number of carbonyl (C=O) groups is 1. The maximum Gasteiger partial charge on any atom is 0.243 e. The highest BCUT2D eigenvalue weighted by Gasteiger charge is 2.43. The lowest BCUT2D eigenvalue weighted by molar-refractivity contribution is -0.143. The summed E-state index contributed by atoms with van der Waals surface area (Å²) in [4.78, 5) is 14.7. The van der Waals surface area contributed by atoms with Crippen LogP contribution < -0.4 is 0 Å². The molecule has 4 nitrogen and oxygen atoms in total. The third kappa shape index (κ3) is 3.32. The van der Waals surface area contributed by atoms with Crippen molar-refractivity contribution in [1.82, 2.24) is 4.90 Å². The van der Waals surface area contributed by atoms with Crippen LogP contribution in [0.2, 0.25) is 0 Å². The highest BCUT2D eigenvalue weighted by molar-refractivity contribution is 5.85. The third-order valence-electron chi connectivity index (χ3n) is 4.80. The predicted molar refractivity (Wildman–Crippen MR) is 76.9 cm³/mol. The van der Waals surface area contributed by atoms with E-state index in [-0.39, 0.29) is 5.91 Å². The average Bonchev–Trinajstić information content (AvgIpc) is 2.73. The zero-order valence-corrected chi connectivity index (χ0v) is 12.6. The Labute approximate surface area is 122 Å². The van der Waals surface area contributed by atoms with Gasteiger partial charge in [0, 0.05) is 26.3 Å². The van der Waals surface area contributed by atoms with Gasteiger partial charge in [-0.05, 0) is 38.0 Å². The van der Waals surface area contributed by atoms with Gasteiger partial charge in [0.05, 0.1) is 6.07 Å². The Morgan fingerprint density at radius 3 is 2.75 bits per heavy atom. The summed E-state index contributed by atoms with van der Waals surface area (Å²) in [6, 6.07) is 2.30. The van der Waals surface area contributed by atoms with Crippen LogP contribution >= 0.6 is 0 Å². The van der Waals surface area contributed by atoms with E-state index in [1.165, 1.54) is 19.3 Å². The van der Waals surface area contributed by atoms with Crippen LogP contribution in [0.4, 0.5) is 0 Å². The van der Waals surface area contributed by atoms with Crippen molar-refractivity contribution < 1.29 is 9.53 Å². The Morgan fingerprint density at radius 1 is 1.35 bits per heavy atom. The van der Waals surface area contributed by atoms with Gasteiger partial charge in [-0.15, -0.1) is 0 Å². The van der Waals surface area contributed by atoms with Gasteiger partial charge in [0.1, 0.15) is 5.41 Å². The van der Waals surface area contributed by atoms with Crippen LogP contribution in [0.5, 0.6) is 0 Å². The molecule has 4 heteroatoms. The second kappa shape index (κ2) is 7.08. The smallest absolute Gasteiger partial charge is 0.243 e. The molecule has 2 aliphatic heterocycles. The van der Waals surface area contributed by atoms with E-state index in [1.54, 1.807) is 0 Å². The van der Waals surface area contributed by atoms with Gasteiger partial charge in [0.2, 0.25) is 5.91 Å². The average molecular weight is 278 g/mol. The second-order valence-electron chi connectivity index (χ2n) is 6.18. The van der Waals surface area contributed by atoms with E-state index in [0.717, 1.165) is 31.8 Å². The number of ether oxygens (including phenoxy) is 1. The first-order valence-electron chi connectivity index (χ1n) is 8.00. The van der Waals surface area contributed by atoms with E-state index >= 15 is 0 Å². The van der Waals surface area contributed by atoms with Crippen molar-refractivity contribution in [3.8, 4) is 6.07 Å². The van der Waals surface area contributed by atoms with E-state index in [1.807, 2.05) is 4.90 Å². The van der Waals surface area contributed by atoms with Gasteiger partial charge < -0.3 is 9.64 Å². The van der Waals surface area contributed by atoms with Crippen LogP contribution in [-0.4, -0.2) is 37.1 Å². The largest absolute Gasteiger partial charge is 0.381 e. The molecule has 0 aromatic heterocycles. The number of amides is 1. The zero-order chi connectivity index (χ0) is 14.4. The fourth-order valence-electron chi connectivity index (χ4n) is 3.46. The quantitative estimate of drug-likeness (QED) is 0.797. The summed E-state index contributed by atoms with van der Waals surface area (Å²) in [5.41, 5.74) is -0.817. The van der Waals surface area contributed by atoms with Crippen molar-refractivity contribution in [3.63, 3.8) is 0 Å². The van der Waals surface area contributed by atoms with E-state index in [9.17, 15) is 10.1 Å². The van der Waals surface area contributed by atoms with E-state index in [2.05, 4.69) is 13.0 Å². The number of rotatable bonds is 3. The topological polar surface area (TPSA) is 53.3 Å². The second-order valence-corrected chi connectivity index (χ2v) is 6.18. The Morgan fingerprint density at radius 2 is 2.10 bits per heavy atom. The Kier molecular flexibility index (Phi) is 5.42. The summed E-state index contributed by atoms with van der Waals surface area (Å²) < 4.78 is 5.32. The highest BCUT2D eigenvalue weighted by atomic mass is 16.5. The zero-order valence-electron chi connectivity index (χ0n) is 12.6. The van der Waals surface area contributed by atoms with Gasteiger partial charge in [-0.3, -0.25) is 4.79 Å². The number of nitriles is 1. The number of nitrogens with zero attached hydrogens (tertiary/aromatic N) is 2. The maximum absolute atomic E-state index is 12.8. The molecule has 1 unspecified atom stereocenters. The first kappa shape index (κ1) is 15.3. The van der Waals surface area contributed by atoms with Crippen LogP contribution in [0.25, 0.3) is 0 Å². The molecule has 0 N–H and O–H groups in total. The molecule has 1 atom stereocenters. The van der Waals surface area contributed by atoms with Crippen molar-refractivity contribution in [2.24, 2.45) is 11.3 Å². The van der Waals surface area contributed by atoms with Gasteiger partial charge in [-0.25, -0.2) is 0 Å². The van der Waals surface area contributed by atoms with Crippen LogP contribution in [0, 0.1) is 22.7 Å². The predicted octanol–water partition coefficient (Wildman–Crippen LogP) is 2.74. The molecule has 2 aliphatic rings. The number of hydrogen-bond donors (Lipinski definition) is 0. The lowest BCUT2D eigenvalue weighted by Crippen LogP contribution is -2.46. The summed E-state index contributed by atoms with van der Waals surface area (Å²) >= 11 is 0. The monoisotopic (exact) mass is 278 g/mol. The summed E-state index contributed by atoms with van der Waals surface area (Å²) in [5, 5.41) is 9.50. The van der Waals surface area contributed by atoms with Gasteiger partial charge in [-0.2, -0.15) is 5.26 Å². The van der Waals surface area contributed by atoms with Crippen molar-refractivity contribution in [2.45, 2.75) is 51.9 Å². The molecule has 0 spiro atoms. The molecule has 20 heavy (non-hydrogen) atoms. The number of carbonyl (C=O) groups excluding carboxylic acids is 1. The summed E-state index contributed by atoms with van der Waals surface area (Å²) in [6.07, 6.45) is 6.98. The molecule has 2 heterocycles. The molecular weight excluding hydrogens is 252 g/mol. The van der Waals surface area contributed by atoms with Crippen molar-refractivity contribution >= 4 is 5.91 Å². The standard InChI is InChI=1S/C16H26N2O2/c1-2-4-14-5-3-9-18(10-6-14)15(19)16(13-17)7-11-20-12-8-16/h14H,2-12H2,1H3. The summed E-state index contributed by atoms with van der Waals surface area (Å²) in [7, 11) is 0. The van der Waals surface area contributed by atoms with Crippen LogP contribution in [0.15, 0.2) is 0 Å². The minimum atomic E-state index is -0.817. The minimum absolute atomic E-state index is 0.0560. The lowest BCUT2D eigenvalue weighted by atomic mass is 9.80. The molecule has 112 valence electrons. The van der Waals surface area contributed by atoms with Gasteiger partial charge in [0.15, 0.2) is 0 Å². The molecule has 0 radical (unpaired) electrons. The van der Waals surface area contributed by atoms with Crippen molar-refractivity contribution in [3.05, 3.63) is 0 Å². The molecular formula is C16H26N2O2. The van der Waals surface area contributed by atoms with Crippen LogP contribution in [-0.2, 0) is 9.53 Å². The normalized spacial score (nSPS) is 26.6.